The number of rotatable bonds is 2. The fourth-order valence-electron chi connectivity index (χ4n) is 3.81. The lowest BCUT2D eigenvalue weighted by molar-refractivity contribution is 0.195. The number of fused-ring (bicyclic) bond motifs is 3. The molecule has 0 bridgehead atoms. The molecule has 0 aliphatic carbocycles. The van der Waals surface area contributed by atoms with Crippen molar-refractivity contribution in [2.45, 2.75) is 12.6 Å². The molecule has 4 aromatic rings. The number of benzene rings is 2. The highest BCUT2D eigenvalue weighted by molar-refractivity contribution is 9.10. The van der Waals surface area contributed by atoms with Gasteiger partial charge in [-0.3, -0.25) is 0 Å². The van der Waals surface area contributed by atoms with Gasteiger partial charge in [-0.2, -0.15) is 0 Å². The van der Waals surface area contributed by atoms with Gasteiger partial charge in [-0.1, -0.05) is 40.2 Å². The standard InChI is InChI=1S/C23H18BrN3OS/c24-17-9-11-18(12-10-17)25-23(28)27-15-16-5-1-2-6-19(16)26-13-3-7-20(26)22(27)21-8-4-14-29-21/h1-14,22H,15H2,(H,25,28)/t22-/m1/s1. The van der Waals surface area contributed by atoms with Crippen molar-refractivity contribution in [1.29, 1.82) is 0 Å². The van der Waals surface area contributed by atoms with E-state index in [0.717, 1.165) is 32.0 Å². The predicted octanol–water partition coefficient (Wildman–Crippen LogP) is 6.44. The Bertz CT molecular complexity index is 1150. The molecule has 0 saturated carbocycles. The summed E-state index contributed by atoms with van der Waals surface area (Å²) in [4.78, 5) is 16.5. The number of amides is 2. The zero-order valence-corrected chi connectivity index (χ0v) is 17.9. The Kier molecular flexibility index (Phi) is 4.73. The smallest absolute Gasteiger partial charge is 0.318 e. The third-order valence-electron chi connectivity index (χ3n) is 5.13. The molecular formula is C23H18BrN3OS. The Hall–Kier alpha value is -2.83. The Labute approximate surface area is 181 Å². The molecule has 0 radical (unpaired) electrons. The third kappa shape index (κ3) is 3.39. The normalized spacial score (nSPS) is 15.3. The van der Waals surface area contributed by atoms with E-state index in [2.05, 4.69) is 61.7 Å². The highest BCUT2D eigenvalue weighted by Crippen LogP contribution is 2.38. The Morgan fingerprint density at radius 2 is 1.83 bits per heavy atom. The number of carbonyl (C=O) groups is 1. The molecule has 1 aliphatic rings. The van der Waals surface area contributed by atoms with Crippen LogP contribution in [-0.2, 0) is 6.54 Å². The van der Waals surface area contributed by atoms with E-state index in [1.165, 1.54) is 0 Å². The number of thiophene rings is 1. The minimum absolute atomic E-state index is 0.116. The highest BCUT2D eigenvalue weighted by atomic mass is 79.9. The summed E-state index contributed by atoms with van der Waals surface area (Å²) in [6, 6.07) is 23.9. The molecule has 29 heavy (non-hydrogen) atoms. The van der Waals surface area contributed by atoms with Crippen LogP contribution in [0, 0.1) is 0 Å². The predicted molar refractivity (Wildman–Crippen MR) is 121 cm³/mol. The number of para-hydroxylation sites is 1. The second-order valence-electron chi connectivity index (χ2n) is 6.91. The molecule has 1 aliphatic heterocycles. The summed E-state index contributed by atoms with van der Waals surface area (Å²) in [5.74, 6) is 0. The van der Waals surface area contributed by atoms with E-state index >= 15 is 0 Å². The van der Waals surface area contributed by atoms with E-state index in [-0.39, 0.29) is 12.1 Å². The number of urea groups is 1. The zero-order chi connectivity index (χ0) is 19.8. The third-order valence-corrected chi connectivity index (χ3v) is 6.59. The molecule has 0 fully saturated rings. The van der Waals surface area contributed by atoms with Gasteiger partial charge in [0.25, 0.3) is 0 Å². The van der Waals surface area contributed by atoms with Crippen molar-refractivity contribution in [3.63, 3.8) is 0 Å². The lowest BCUT2D eigenvalue weighted by atomic mass is 10.1. The number of nitrogens with one attached hydrogen (secondary N) is 1. The van der Waals surface area contributed by atoms with E-state index < -0.39 is 0 Å². The van der Waals surface area contributed by atoms with Crippen LogP contribution in [0.2, 0.25) is 0 Å². The van der Waals surface area contributed by atoms with Crippen LogP contribution in [0.1, 0.15) is 22.2 Å². The maximum absolute atomic E-state index is 13.5. The van der Waals surface area contributed by atoms with Gasteiger partial charge in [-0.05, 0) is 59.5 Å². The van der Waals surface area contributed by atoms with Crippen LogP contribution in [0.3, 0.4) is 0 Å². The first-order valence-corrected chi connectivity index (χ1v) is 11.0. The number of carbonyl (C=O) groups excluding carboxylic acids is 1. The molecule has 2 aromatic carbocycles. The van der Waals surface area contributed by atoms with Crippen LogP contribution >= 0.6 is 27.3 Å². The van der Waals surface area contributed by atoms with Crippen LogP contribution in [-0.4, -0.2) is 15.5 Å². The topological polar surface area (TPSA) is 37.3 Å². The van der Waals surface area contributed by atoms with Crippen molar-refractivity contribution < 1.29 is 4.79 Å². The number of aromatic nitrogens is 1. The van der Waals surface area contributed by atoms with Crippen molar-refractivity contribution in [2.75, 3.05) is 5.32 Å². The van der Waals surface area contributed by atoms with Crippen LogP contribution in [0.15, 0.2) is 88.8 Å². The molecule has 5 rings (SSSR count). The first kappa shape index (κ1) is 18.2. The van der Waals surface area contributed by atoms with Crippen LogP contribution in [0.25, 0.3) is 5.69 Å². The number of halogens is 1. The molecule has 3 heterocycles. The molecule has 2 aromatic heterocycles. The van der Waals surface area contributed by atoms with E-state index in [4.69, 9.17) is 0 Å². The van der Waals surface area contributed by atoms with Gasteiger partial charge in [-0.25, -0.2) is 4.79 Å². The summed E-state index contributed by atoms with van der Waals surface area (Å²) in [7, 11) is 0. The average Bonchev–Trinajstić information content (AvgIpc) is 3.41. The lowest BCUT2D eigenvalue weighted by Gasteiger charge is -2.30. The zero-order valence-electron chi connectivity index (χ0n) is 15.5. The lowest BCUT2D eigenvalue weighted by Crippen LogP contribution is -2.37. The van der Waals surface area contributed by atoms with Crippen molar-refractivity contribution in [1.82, 2.24) is 9.47 Å². The van der Waals surface area contributed by atoms with Gasteiger partial charge in [0, 0.05) is 21.2 Å². The van der Waals surface area contributed by atoms with Crippen LogP contribution < -0.4 is 5.32 Å². The minimum Gasteiger partial charge on any atom is -0.318 e. The fourth-order valence-corrected chi connectivity index (χ4v) is 4.93. The van der Waals surface area contributed by atoms with Crippen molar-refractivity contribution in [3.05, 3.63) is 105 Å². The summed E-state index contributed by atoms with van der Waals surface area (Å²) in [5, 5.41) is 5.13. The fraction of sp³-hybridized carbons (Fsp3) is 0.0870. The minimum atomic E-state index is -0.159. The molecule has 4 nitrogen and oxygen atoms in total. The molecular weight excluding hydrogens is 446 g/mol. The second kappa shape index (κ2) is 7.54. The highest BCUT2D eigenvalue weighted by Gasteiger charge is 2.33. The van der Waals surface area contributed by atoms with Gasteiger partial charge in [-0.15, -0.1) is 11.3 Å². The van der Waals surface area contributed by atoms with Crippen molar-refractivity contribution in [2.24, 2.45) is 0 Å². The van der Waals surface area contributed by atoms with Crippen LogP contribution in [0.5, 0.6) is 0 Å². The molecule has 2 amide bonds. The Morgan fingerprint density at radius 3 is 2.62 bits per heavy atom. The maximum Gasteiger partial charge on any atom is 0.323 e. The number of hydrogen-bond acceptors (Lipinski definition) is 2. The quantitative estimate of drug-likeness (QED) is 0.364. The van der Waals surface area contributed by atoms with Crippen molar-refractivity contribution >= 4 is 39.0 Å². The summed E-state index contributed by atoms with van der Waals surface area (Å²) in [6.07, 6.45) is 2.07. The summed E-state index contributed by atoms with van der Waals surface area (Å²) >= 11 is 5.11. The van der Waals surface area contributed by atoms with E-state index in [1.807, 2.05) is 53.4 Å². The first-order valence-electron chi connectivity index (χ1n) is 9.33. The molecule has 1 N–H and O–H groups in total. The van der Waals surface area contributed by atoms with Gasteiger partial charge in [0.1, 0.15) is 6.04 Å². The van der Waals surface area contributed by atoms with E-state index in [1.54, 1.807) is 11.3 Å². The van der Waals surface area contributed by atoms with E-state index in [0.29, 0.717) is 6.54 Å². The van der Waals surface area contributed by atoms with Crippen molar-refractivity contribution in [3.8, 4) is 5.69 Å². The van der Waals surface area contributed by atoms with Gasteiger partial charge < -0.3 is 14.8 Å². The molecule has 6 heteroatoms. The molecule has 1 atom stereocenters. The number of hydrogen-bond donors (Lipinski definition) is 1. The first-order chi connectivity index (χ1) is 14.2. The molecule has 0 saturated heterocycles. The van der Waals surface area contributed by atoms with Gasteiger partial charge in [0.2, 0.25) is 0 Å². The monoisotopic (exact) mass is 463 g/mol. The Morgan fingerprint density at radius 1 is 1.00 bits per heavy atom. The van der Waals surface area contributed by atoms with E-state index in [9.17, 15) is 4.79 Å². The SMILES string of the molecule is O=C(Nc1ccc(Br)cc1)N1Cc2ccccc2-n2cccc2[C@@H]1c1cccs1. The second-order valence-corrected chi connectivity index (χ2v) is 8.81. The average molecular weight is 464 g/mol. The molecule has 0 unspecified atom stereocenters. The maximum atomic E-state index is 13.5. The van der Waals surface area contributed by atoms with Gasteiger partial charge >= 0.3 is 6.03 Å². The van der Waals surface area contributed by atoms with Gasteiger partial charge in [0.15, 0.2) is 0 Å². The largest absolute Gasteiger partial charge is 0.323 e. The number of anilines is 1. The Balaban J connectivity index is 1.60. The van der Waals surface area contributed by atoms with Crippen LogP contribution in [0.4, 0.5) is 10.5 Å². The van der Waals surface area contributed by atoms with Gasteiger partial charge in [0.05, 0.1) is 17.9 Å². The summed E-state index contributed by atoms with van der Waals surface area (Å²) in [6.45, 7) is 0.531. The molecule has 0 spiro atoms. The molecule has 144 valence electrons. The summed E-state index contributed by atoms with van der Waals surface area (Å²) in [5.41, 5.74) is 4.10. The number of nitrogens with zero attached hydrogens (tertiary/aromatic N) is 2. The summed E-state index contributed by atoms with van der Waals surface area (Å²) < 4.78 is 3.18.